The number of amides is 12. The molecule has 0 unspecified atom stereocenters. The zero-order valence-electron chi connectivity index (χ0n) is 51.7. The van der Waals surface area contributed by atoms with Crippen LogP contribution in [0.15, 0.2) is 146 Å². The van der Waals surface area contributed by atoms with Crippen molar-refractivity contribution >= 4 is 87.9 Å². The lowest BCUT2D eigenvalue weighted by molar-refractivity contribution is -0.187. The van der Waals surface area contributed by atoms with Gasteiger partial charge < -0.3 is 30.6 Å². The molecule has 0 radical (unpaired) electrons. The first-order valence-corrected chi connectivity index (χ1v) is 27.4. The van der Waals surface area contributed by atoms with Crippen LogP contribution in [-0.4, -0.2) is 180 Å². The van der Waals surface area contributed by atoms with E-state index in [0.29, 0.717) is 23.5 Å². The number of nitrogens with zero attached hydrogens (tertiary/aromatic N) is 6. The Bertz CT molecular complexity index is 3600. The van der Waals surface area contributed by atoms with Crippen LogP contribution in [0.25, 0.3) is 0 Å². The highest BCUT2D eigenvalue weighted by Crippen LogP contribution is 2.48. The summed E-state index contributed by atoms with van der Waals surface area (Å²) in [5.41, 5.74) is 4.73. The molecule has 12 rings (SSSR count). The SMILES string of the molecule is CO.CO.CO.CO.CO.CO.Cc1ccc(Cc2ccc(N3C(=O)C4(C(=O)N(C)C4=O)C3=O)cc2)cc1.Cc1ccc(Cc2cccc(N3C(=O)C4(C(=O)N(C)C4=O)C3=O)c2)cc1.Cc1cccc(Cc2ccc(N3C(=O)C4(C(=O)N(C)C4=O)C3=O)cc2)c1. The smallest absolute Gasteiger partial charge is 0.285 e. The summed E-state index contributed by atoms with van der Waals surface area (Å²) in [4.78, 5) is 151. The molecule has 474 valence electrons. The maximum atomic E-state index is 12.5. The van der Waals surface area contributed by atoms with E-state index in [9.17, 15) is 57.5 Å². The Kier molecular flexibility index (Phi) is 24.7. The average molecular weight is 1240 g/mol. The molecule has 6 aromatic carbocycles. The van der Waals surface area contributed by atoms with E-state index in [4.69, 9.17) is 30.6 Å². The number of rotatable bonds is 9. The number of aliphatic hydroxyl groups excluding tert-OH is 6. The average Bonchev–Trinajstić information content (AvgIpc) is 0.692. The summed E-state index contributed by atoms with van der Waals surface area (Å²) in [7, 11) is 9.79. The van der Waals surface area contributed by atoms with Crippen molar-refractivity contribution in [3.8, 4) is 0 Å². The van der Waals surface area contributed by atoms with Gasteiger partial charge in [0.05, 0.1) is 17.1 Å². The molecule has 6 heterocycles. The number of hydrogen-bond acceptors (Lipinski definition) is 18. The van der Waals surface area contributed by atoms with Crippen molar-refractivity contribution in [1.82, 2.24) is 14.7 Å². The lowest BCUT2D eigenvalue weighted by Crippen LogP contribution is -2.83. The highest BCUT2D eigenvalue weighted by molar-refractivity contribution is 6.61. The third kappa shape index (κ3) is 12.3. The summed E-state index contributed by atoms with van der Waals surface area (Å²) < 4.78 is 0. The van der Waals surface area contributed by atoms with Crippen LogP contribution in [0.5, 0.6) is 0 Å². The molecular weight excluding hydrogens is 1160 g/mol. The van der Waals surface area contributed by atoms with Crippen molar-refractivity contribution in [3.05, 3.63) is 196 Å². The molecule has 24 nitrogen and oxygen atoms in total. The van der Waals surface area contributed by atoms with Gasteiger partial charge in [-0.15, -0.1) is 0 Å². The van der Waals surface area contributed by atoms with Gasteiger partial charge in [-0.1, -0.05) is 126 Å². The Morgan fingerprint density at radius 2 is 0.489 bits per heavy atom. The minimum Gasteiger partial charge on any atom is -0.400 e. The highest BCUT2D eigenvalue weighted by Gasteiger charge is 2.81. The monoisotopic (exact) mass is 1240 g/mol. The van der Waals surface area contributed by atoms with Gasteiger partial charge in [0.2, 0.25) is 0 Å². The molecule has 0 saturated carbocycles. The first-order chi connectivity index (χ1) is 43.1. The molecule has 6 aliphatic heterocycles. The van der Waals surface area contributed by atoms with E-state index in [1.54, 1.807) is 42.5 Å². The number of benzene rings is 6. The largest absolute Gasteiger partial charge is 0.400 e. The molecule has 6 fully saturated rings. The molecule has 12 amide bonds. The quantitative estimate of drug-likeness (QED) is 0.0890. The lowest BCUT2D eigenvalue weighted by Gasteiger charge is -2.51. The van der Waals surface area contributed by atoms with Gasteiger partial charge in [0.15, 0.2) is 0 Å². The number of carbonyl (C=O) groups excluding carboxylic acids is 12. The first-order valence-electron chi connectivity index (χ1n) is 27.4. The molecule has 24 heteroatoms. The van der Waals surface area contributed by atoms with Crippen LogP contribution in [0.3, 0.4) is 0 Å². The molecule has 0 aromatic heterocycles. The Morgan fingerprint density at radius 1 is 0.256 bits per heavy atom. The maximum absolute atomic E-state index is 12.5. The number of imide groups is 6. The Morgan fingerprint density at radius 3 is 0.767 bits per heavy atom. The number of β-lactam (4-membered cyclic amide) rings is 12. The predicted molar refractivity (Wildman–Crippen MR) is 328 cm³/mol. The van der Waals surface area contributed by atoms with Gasteiger partial charge in [-0.05, 0) is 110 Å². The van der Waals surface area contributed by atoms with Crippen LogP contribution < -0.4 is 14.7 Å². The molecule has 6 aliphatic rings. The van der Waals surface area contributed by atoms with Crippen molar-refractivity contribution < 1.29 is 88.2 Å². The molecule has 6 saturated heterocycles. The van der Waals surface area contributed by atoms with E-state index in [-0.39, 0.29) is 0 Å². The van der Waals surface area contributed by atoms with Gasteiger partial charge in [0.1, 0.15) is 0 Å². The number of likely N-dealkylation sites (tertiary alicyclic amines) is 3. The molecule has 6 aromatic rings. The van der Waals surface area contributed by atoms with Crippen molar-refractivity contribution in [2.24, 2.45) is 16.2 Å². The van der Waals surface area contributed by atoms with E-state index < -0.39 is 87.1 Å². The van der Waals surface area contributed by atoms with Gasteiger partial charge in [-0.2, -0.15) is 0 Å². The molecule has 3 spiro atoms. The fourth-order valence-electron chi connectivity index (χ4n) is 10.4. The second kappa shape index (κ2) is 30.7. The van der Waals surface area contributed by atoms with Gasteiger partial charge in [0.25, 0.3) is 87.1 Å². The molecule has 0 atom stereocenters. The van der Waals surface area contributed by atoms with Gasteiger partial charge in [0, 0.05) is 63.8 Å². The third-order valence-electron chi connectivity index (χ3n) is 15.0. The van der Waals surface area contributed by atoms with Gasteiger partial charge >= 0.3 is 0 Å². The number of aryl methyl sites for hydroxylation is 3. The van der Waals surface area contributed by atoms with Crippen molar-refractivity contribution in [1.29, 1.82) is 0 Å². The second-order valence-corrected chi connectivity index (χ2v) is 20.1. The summed E-state index contributed by atoms with van der Waals surface area (Å²) in [6, 6.07) is 45.4. The Labute approximate surface area is 519 Å². The van der Waals surface area contributed by atoms with E-state index in [1.165, 1.54) is 43.4 Å². The van der Waals surface area contributed by atoms with Crippen molar-refractivity contribution in [3.63, 3.8) is 0 Å². The van der Waals surface area contributed by atoms with Crippen LogP contribution in [0, 0.1) is 37.0 Å². The second-order valence-electron chi connectivity index (χ2n) is 20.1. The minimum absolute atomic E-state index is 0.369. The van der Waals surface area contributed by atoms with Crippen LogP contribution in [0.4, 0.5) is 17.1 Å². The van der Waals surface area contributed by atoms with E-state index >= 15 is 0 Å². The third-order valence-corrected chi connectivity index (χ3v) is 15.0. The Hall–Kier alpha value is -10.1. The van der Waals surface area contributed by atoms with Gasteiger partial charge in [-0.25, -0.2) is 14.7 Å². The topological polar surface area (TPSA) is 346 Å². The summed E-state index contributed by atoms with van der Waals surface area (Å²) in [6.07, 6.45) is 2.11. The molecule has 0 bridgehead atoms. The first kappa shape index (κ1) is 72.4. The summed E-state index contributed by atoms with van der Waals surface area (Å²) in [5, 5.41) is 42.0. The molecular formula is C66H72N6O18. The summed E-state index contributed by atoms with van der Waals surface area (Å²) in [5.74, 6) is -9.04. The Balaban J connectivity index is 0.000000266. The van der Waals surface area contributed by atoms with Gasteiger partial charge in [-0.3, -0.25) is 72.2 Å². The standard InChI is InChI=1S/3C20H16N2O4.6CH4O/c1-12-3-5-13(6-4-12)11-14-7-9-15(10-8-14)22-18(25)20(19(22)26)16(23)21(2)17(20)24;1-12-6-8-13(9-7-12)10-14-4-3-5-15(11-14)22-18(25)20(19(22)26)16(23)21(2)17(20)24;1-12-4-3-5-14(10-12)11-13-6-8-15(9-7-13)22-18(25)20(19(22)26)16(23)21(2)17(20)24;6*1-2/h3-10H,11H2,1-2H3;3-9,11H,10H2,1-2H3;3-10H,11H2,1-2H3;6*2H,1H3. The van der Waals surface area contributed by atoms with Crippen LogP contribution in [0.1, 0.15) is 50.1 Å². The van der Waals surface area contributed by atoms with E-state index in [1.807, 2.05) is 106 Å². The van der Waals surface area contributed by atoms with Crippen LogP contribution in [0.2, 0.25) is 0 Å². The minimum atomic E-state index is -2.12. The molecule has 6 N–H and O–H groups in total. The zero-order chi connectivity index (χ0) is 67.9. The van der Waals surface area contributed by atoms with Crippen molar-refractivity contribution in [2.45, 2.75) is 40.0 Å². The van der Waals surface area contributed by atoms with E-state index in [0.717, 1.165) is 113 Å². The van der Waals surface area contributed by atoms with Crippen LogP contribution in [-0.2, 0) is 76.8 Å². The highest BCUT2D eigenvalue weighted by atomic mass is 16.3. The zero-order valence-corrected chi connectivity index (χ0v) is 51.7. The normalized spacial score (nSPS) is 16.2. The predicted octanol–water partition coefficient (Wildman–Crippen LogP) is 1.98. The number of carbonyl (C=O) groups is 12. The molecule has 0 aliphatic carbocycles. The number of hydrogen-bond donors (Lipinski definition) is 6. The maximum Gasteiger partial charge on any atom is 0.285 e. The van der Waals surface area contributed by atoms with E-state index in [2.05, 4.69) is 18.2 Å². The summed E-state index contributed by atoms with van der Waals surface area (Å²) in [6.45, 7) is 6.08. The molecule has 90 heavy (non-hydrogen) atoms. The van der Waals surface area contributed by atoms with Crippen LogP contribution >= 0.6 is 0 Å². The summed E-state index contributed by atoms with van der Waals surface area (Å²) >= 11 is 0. The lowest BCUT2D eigenvalue weighted by atomic mass is 9.69. The van der Waals surface area contributed by atoms with Crippen molar-refractivity contribution in [2.75, 3.05) is 78.5 Å². The number of anilines is 3. The number of aliphatic hydroxyl groups is 6. The fraction of sp³-hybridized carbons (Fsp3) is 0.273. The fourth-order valence-corrected chi connectivity index (χ4v) is 10.4.